The molecular formula is C38H48N8O4. The molecule has 2 aromatic carbocycles. The molecule has 1 saturated heterocycles. The highest BCUT2D eigenvalue weighted by Gasteiger charge is 2.32. The van der Waals surface area contributed by atoms with Gasteiger partial charge in [0.2, 0.25) is 5.95 Å². The van der Waals surface area contributed by atoms with Crippen molar-refractivity contribution in [3.8, 4) is 5.69 Å². The number of aryl methyl sites for hydroxylation is 1. The van der Waals surface area contributed by atoms with Crippen molar-refractivity contribution < 1.29 is 19.8 Å². The zero-order valence-electron chi connectivity index (χ0n) is 29.3. The van der Waals surface area contributed by atoms with Gasteiger partial charge in [0, 0.05) is 68.5 Å². The van der Waals surface area contributed by atoms with E-state index in [-0.39, 0.29) is 11.8 Å². The minimum absolute atomic E-state index is 0.124. The van der Waals surface area contributed by atoms with Crippen molar-refractivity contribution >= 4 is 23.5 Å². The van der Waals surface area contributed by atoms with E-state index in [9.17, 15) is 19.8 Å². The summed E-state index contributed by atoms with van der Waals surface area (Å²) in [6, 6.07) is 14.8. The highest BCUT2D eigenvalue weighted by molar-refractivity contribution is 6.04. The molecule has 0 saturated carbocycles. The predicted octanol–water partition coefficient (Wildman–Crippen LogP) is 5.23. The molecule has 12 heteroatoms. The standard InChI is InChI=1S/C38H48N8O4/c1-4-6-16-43(17-7-5-2)37(50)32-20-26(3)46(42-32)33-15-14-30(41-35(48)29-23-39-38(40-24-29)44-18-10-11-19-44)22-31(33)36(49)45-25-28-13-9-8-12-27(28)21-34(45)47/h8-9,12-15,20,22-24,34,36,47,49H,4-7,10-11,16-19,21,25H2,1-3H3,(H,41,48)/t34-,36?/m1/s1. The lowest BCUT2D eigenvalue weighted by Crippen LogP contribution is -2.42. The molecule has 0 aliphatic carbocycles. The fourth-order valence-electron chi connectivity index (χ4n) is 6.71. The van der Waals surface area contributed by atoms with Crippen molar-refractivity contribution in [2.75, 3.05) is 36.4 Å². The molecule has 2 aromatic heterocycles. The Morgan fingerprint density at radius 3 is 2.34 bits per heavy atom. The van der Waals surface area contributed by atoms with Crippen LogP contribution in [-0.2, 0) is 13.0 Å². The van der Waals surface area contributed by atoms with Gasteiger partial charge in [0.15, 0.2) is 5.69 Å². The molecule has 2 aliphatic heterocycles. The number of anilines is 2. The van der Waals surface area contributed by atoms with Gasteiger partial charge in [-0.3, -0.25) is 9.59 Å². The van der Waals surface area contributed by atoms with Gasteiger partial charge >= 0.3 is 0 Å². The van der Waals surface area contributed by atoms with Gasteiger partial charge in [0.1, 0.15) is 12.5 Å². The van der Waals surface area contributed by atoms with E-state index in [2.05, 4.69) is 34.0 Å². The monoisotopic (exact) mass is 680 g/mol. The molecule has 1 unspecified atom stereocenters. The maximum Gasteiger partial charge on any atom is 0.274 e. The summed E-state index contributed by atoms with van der Waals surface area (Å²) in [5, 5.41) is 30.9. The van der Waals surface area contributed by atoms with Crippen molar-refractivity contribution in [2.45, 2.75) is 84.7 Å². The van der Waals surface area contributed by atoms with Crippen LogP contribution >= 0.6 is 0 Å². The van der Waals surface area contributed by atoms with Gasteiger partial charge in [-0.15, -0.1) is 0 Å². The minimum Gasteiger partial charge on any atom is -0.378 e. The molecule has 4 heterocycles. The van der Waals surface area contributed by atoms with Crippen LogP contribution in [0.25, 0.3) is 5.69 Å². The molecular weight excluding hydrogens is 632 g/mol. The Bertz CT molecular complexity index is 1780. The molecule has 0 bridgehead atoms. The lowest BCUT2D eigenvalue weighted by Gasteiger charge is -2.37. The van der Waals surface area contributed by atoms with E-state index in [1.54, 1.807) is 33.8 Å². The Morgan fingerprint density at radius 1 is 0.980 bits per heavy atom. The van der Waals surface area contributed by atoms with Crippen molar-refractivity contribution in [1.29, 1.82) is 0 Å². The number of rotatable bonds is 13. The van der Waals surface area contributed by atoms with Crippen LogP contribution in [0.2, 0.25) is 0 Å². The van der Waals surface area contributed by atoms with Crippen LogP contribution in [0.5, 0.6) is 0 Å². The number of carbonyl (C=O) groups is 2. The Hall–Kier alpha value is -4.65. The zero-order chi connectivity index (χ0) is 35.2. The van der Waals surface area contributed by atoms with Gasteiger partial charge in [0.05, 0.1) is 11.3 Å². The molecule has 1 fully saturated rings. The second kappa shape index (κ2) is 15.9. The summed E-state index contributed by atoms with van der Waals surface area (Å²) in [4.78, 5) is 41.5. The smallest absolute Gasteiger partial charge is 0.274 e. The third-order valence-corrected chi connectivity index (χ3v) is 9.61. The molecule has 2 aliphatic rings. The summed E-state index contributed by atoms with van der Waals surface area (Å²) in [6.45, 7) is 9.55. The van der Waals surface area contributed by atoms with Crippen LogP contribution in [0.4, 0.5) is 11.6 Å². The molecule has 12 nitrogen and oxygen atoms in total. The van der Waals surface area contributed by atoms with E-state index in [0.29, 0.717) is 65.9 Å². The van der Waals surface area contributed by atoms with Crippen LogP contribution in [0.3, 0.4) is 0 Å². The average Bonchev–Trinajstić information content (AvgIpc) is 3.81. The summed E-state index contributed by atoms with van der Waals surface area (Å²) in [6.07, 6.45) is 7.19. The fraction of sp³-hybridized carbons (Fsp3) is 0.447. The van der Waals surface area contributed by atoms with Gasteiger partial charge in [-0.1, -0.05) is 51.0 Å². The number of carbonyl (C=O) groups excluding carboxylic acids is 2. The number of fused-ring (bicyclic) bond motifs is 1. The lowest BCUT2D eigenvalue weighted by atomic mass is 9.97. The topological polar surface area (TPSA) is 140 Å². The van der Waals surface area contributed by atoms with E-state index in [4.69, 9.17) is 5.10 Å². The molecule has 2 amide bonds. The normalized spacial score (nSPS) is 16.7. The van der Waals surface area contributed by atoms with E-state index in [1.807, 2.05) is 36.1 Å². The molecule has 0 radical (unpaired) electrons. The average molecular weight is 681 g/mol. The molecule has 0 spiro atoms. The fourth-order valence-corrected chi connectivity index (χ4v) is 6.71. The molecule has 4 aromatic rings. The highest BCUT2D eigenvalue weighted by atomic mass is 16.3. The number of hydrogen-bond acceptors (Lipinski definition) is 9. The summed E-state index contributed by atoms with van der Waals surface area (Å²) in [5.41, 5.74) is 4.79. The van der Waals surface area contributed by atoms with E-state index in [0.717, 1.165) is 62.7 Å². The minimum atomic E-state index is -1.26. The Kier molecular flexibility index (Phi) is 11.2. The van der Waals surface area contributed by atoms with Crippen LogP contribution in [0.15, 0.2) is 60.9 Å². The first-order chi connectivity index (χ1) is 24.3. The number of nitrogens with zero attached hydrogens (tertiary/aromatic N) is 7. The molecule has 6 rings (SSSR count). The predicted molar refractivity (Wildman–Crippen MR) is 192 cm³/mol. The van der Waals surface area contributed by atoms with Crippen molar-refractivity contribution in [3.63, 3.8) is 0 Å². The molecule has 2 atom stereocenters. The number of amides is 2. The lowest BCUT2D eigenvalue weighted by molar-refractivity contribution is -0.115. The number of aliphatic hydroxyl groups is 2. The first kappa shape index (κ1) is 35.2. The molecule has 50 heavy (non-hydrogen) atoms. The maximum atomic E-state index is 13.7. The van der Waals surface area contributed by atoms with E-state index in [1.165, 1.54) is 12.4 Å². The highest BCUT2D eigenvalue weighted by Crippen LogP contribution is 2.34. The van der Waals surface area contributed by atoms with Crippen LogP contribution in [0, 0.1) is 6.92 Å². The summed E-state index contributed by atoms with van der Waals surface area (Å²) in [5.74, 6) is 0.100. The SMILES string of the molecule is CCCCN(CCCC)C(=O)c1cc(C)n(-c2ccc(NC(=O)c3cnc(N4CCCC4)nc3)cc2C(O)N2Cc3ccccc3C[C@H]2O)n1. The number of unbranched alkanes of at least 4 members (excludes halogenated alkanes) is 2. The van der Waals surface area contributed by atoms with Crippen molar-refractivity contribution in [2.24, 2.45) is 0 Å². The largest absolute Gasteiger partial charge is 0.378 e. The first-order valence-electron chi connectivity index (χ1n) is 17.8. The van der Waals surface area contributed by atoms with Gasteiger partial charge < -0.3 is 25.3 Å². The summed E-state index contributed by atoms with van der Waals surface area (Å²) in [7, 11) is 0. The number of nitrogens with one attached hydrogen (secondary N) is 1. The Balaban J connectivity index is 1.32. The van der Waals surface area contributed by atoms with Crippen LogP contribution in [0.1, 0.15) is 102 Å². The third-order valence-electron chi connectivity index (χ3n) is 9.61. The van der Waals surface area contributed by atoms with E-state index < -0.39 is 12.5 Å². The van der Waals surface area contributed by atoms with Crippen molar-refractivity contribution in [1.82, 2.24) is 29.5 Å². The number of hydrogen-bond donors (Lipinski definition) is 3. The maximum absolute atomic E-state index is 13.7. The molecule has 264 valence electrons. The Morgan fingerprint density at radius 2 is 1.66 bits per heavy atom. The number of benzene rings is 2. The number of aliphatic hydroxyl groups excluding tert-OH is 2. The number of aromatic nitrogens is 4. The van der Waals surface area contributed by atoms with Gasteiger partial charge in [-0.2, -0.15) is 5.10 Å². The van der Waals surface area contributed by atoms with Crippen molar-refractivity contribution in [3.05, 3.63) is 94.6 Å². The first-order valence-corrected chi connectivity index (χ1v) is 17.8. The molecule has 3 N–H and O–H groups in total. The van der Waals surface area contributed by atoms with Gasteiger partial charge in [-0.05, 0) is 68.0 Å². The van der Waals surface area contributed by atoms with Gasteiger partial charge in [0.25, 0.3) is 11.8 Å². The second-order valence-electron chi connectivity index (χ2n) is 13.3. The summed E-state index contributed by atoms with van der Waals surface area (Å²) < 4.78 is 1.66. The third kappa shape index (κ3) is 7.72. The van der Waals surface area contributed by atoms with Crippen LogP contribution < -0.4 is 10.2 Å². The van der Waals surface area contributed by atoms with Gasteiger partial charge in [-0.25, -0.2) is 19.5 Å². The van der Waals surface area contributed by atoms with Crippen LogP contribution in [-0.4, -0.2) is 84.0 Å². The summed E-state index contributed by atoms with van der Waals surface area (Å²) >= 11 is 0. The quantitative estimate of drug-likeness (QED) is 0.173. The zero-order valence-corrected chi connectivity index (χ0v) is 29.3. The Labute approximate surface area is 293 Å². The second-order valence-corrected chi connectivity index (χ2v) is 13.3. The van der Waals surface area contributed by atoms with E-state index >= 15 is 0 Å².